The van der Waals surface area contributed by atoms with Gasteiger partial charge in [-0.3, -0.25) is 4.79 Å². The summed E-state index contributed by atoms with van der Waals surface area (Å²) < 4.78 is 14.0. The molecule has 0 amide bonds. The molecule has 0 saturated heterocycles. The van der Waals surface area contributed by atoms with Gasteiger partial charge in [0, 0.05) is 0 Å². The second-order valence-corrected chi connectivity index (χ2v) is 8.92. The molecule has 0 atom stereocenters. The second-order valence-electron chi connectivity index (χ2n) is 8.92. The van der Waals surface area contributed by atoms with Gasteiger partial charge in [-0.1, -0.05) is 75.8 Å². The number of unbranched alkanes of at least 4 members (excludes halogenated alkanes) is 4. The predicted octanol–water partition coefficient (Wildman–Crippen LogP) is 7.24. The van der Waals surface area contributed by atoms with Gasteiger partial charge in [0.05, 0.1) is 11.0 Å². The van der Waals surface area contributed by atoms with E-state index in [9.17, 15) is 14.3 Å². The number of rotatable bonds is 9. The number of hydrogen-bond donors (Lipinski definition) is 1. The molecule has 1 fully saturated rings. The van der Waals surface area contributed by atoms with Crippen molar-refractivity contribution in [2.24, 2.45) is 5.92 Å². The van der Waals surface area contributed by atoms with Crippen LogP contribution in [-0.4, -0.2) is 11.1 Å². The highest BCUT2D eigenvalue weighted by Gasteiger charge is 2.43. The van der Waals surface area contributed by atoms with E-state index >= 15 is 0 Å². The number of nitrogens with zero attached hydrogens (tertiary/aromatic N) is 1. The van der Waals surface area contributed by atoms with Gasteiger partial charge in [-0.2, -0.15) is 5.26 Å². The van der Waals surface area contributed by atoms with Crippen LogP contribution in [0, 0.1) is 23.1 Å². The maximum Gasteiger partial charge on any atom is 0.314 e. The summed E-state index contributed by atoms with van der Waals surface area (Å²) in [6, 6.07) is 13.9. The highest BCUT2D eigenvalue weighted by molar-refractivity contribution is 5.82. The topological polar surface area (TPSA) is 61.1 Å². The fourth-order valence-corrected chi connectivity index (χ4v) is 4.89. The first kappa shape index (κ1) is 23.0. The highest BCUT2D eigenvalue weighted by atomic mass is 19.1. The van der Waals surface area contributed by atoms with E-state index in [4.69, 9.17) is 5.26 Å². The molecule has 31 heavy (non-hydrogen) atoms. The molecule has 2 aromatic carbocycles. The summed E-state index contributed by atoms with van der Waals surface area (Å²) in [6.45, 7) is 2.22. The Kier molecular flexibility index (Phi) is 7.85. The minimum absolute atomic E-state index is 0.0207. The highest BCUT2D eigenvalue weighted by Crippen LogP contribution is 2.43. The molecule has 1 aliphatic rings. The molecule has 1 saturated carbocycles. The molecule has 0 radical (unpaired) electrons. The molecule has 164 valence electrons. The van der Waals surface area contributed by atoms with Gasteiger partial charge in [-0.15, -0.1) is 0 Å². The molecule has 3 nitrogen and oxygen atoms in total. The first-order valence-electron chi connectivity index (χ1n) is 11.5. The summed E-state index contributed by atoms with van der Waals surface area (Å²) in [5, 5.41) is 19.0. The Morgan fingerprint density at radius 1 is 1.06 bits per heavy atom. The average molecular weight is 422 g/mol. The number of halogens is 1. The first-order chi connectivity index (χ1) is 15.0. The summed E-state index contributed by atoms with van der Waals surface area (Å²) in [6.07, 6.45) is 10.9. The second kappa shape index (κ2) is 10.6. The maximum atomic E-state index is 14.0. The third-order valence-electron chi connectivity index (χ3n) is 6.94. The van der Waals surface area contributed by atoms with Gasteiger partial charge in [0.15, 0.2) is 0 Å². The fraction of sp³-hybridized carbons (Fsp3) is 0.481. The van der Waals surface area contributed by atoms with Crippen LogP contribution in [0.5, 0.6) is 0 Å². The molecule has 0 unspecified atom stereocenters. The lowest BCUT2D eigenvalue weighted by Crippen LogP contribution is -2.39. The third-order valence-corrected chi connectivity index (χ3v) is 6.94. The smallest absolute Gasteiger partial charge is 0.314 e. The van der Waals surface area contributed by atoms with Crippen molar-refractivity contribution in [3.8, 4) is 17.2 Å². The van der Waals surface area contributed by atoms with Crippen molar-refractivity contribution in [2.45, 2.75) is 76.5 Å². The van der Waals surface area contributed by atoms with Crippen LogP contribution in [-0.2, 0) is 10.2 Å². The molecule has 0 spiro atoms. The van der Waals surface area contributed by atoms with E-state index in [1.165, 1.54) is 50.7 Å². The Labute approximate surface area is 184 Å². The Bertz CT molecular complexity index is 921. The maximum absolute atomic E-state index is 14.0. The van der Waals surface area contributed by atoms with Gasteiger partial charge in [-0.05, 0) is 60.4 Å². The quantitative estimate of drug-likeness (QED) is 0.434. The van der Waals surface area contributed by atoms with Crippen LogP contribution < -0.4 is 0 Å². The zero-order valence-corrected chi connectivity index (χ0v) is 18.4. The Morgan fingerprint density at radius 2 is 1.71 bits per heavy atom. The Morgan fingerprint density at radius 3 is 2.29 bits per heavy atom. The van der Waals surface area contributed by atoms with Crippen molar-refractivity contribution in [3.05, 3.63) is 59.4 Å². The van der Waals surface area contributed by atoms with E-state index in [0.717, 1.165) is 24.0 Å². The number of nitriles is 1. The van der Waals surface area contributed by atoms with Crippen LogP contribution in [0.2, 0.25) is 0 Å². The van der Waals surface area contributed by atoms with Gasteiger partial charge in [0.1, 0.15) is 11.9 Å². The minimum Gasteiger partial charge on any atom is -0.481 e. The Balaban J connectivity index is 1.68. The average Bonchev–Trinajstić information content (AvgIpc) is 2.79. The normalized spacial score (nSPS) is 20.9. The van der Waals surface area contributed by atoms with Crippen LogP contribution in [0.1, 0.15) is 82.3 Å². The number of hydrogen-bond acceptors (Lipinski definition) is 2. The predicted molar refractivity (Wildman–Crippen MR) is 121 cm³/mol. The molecular weight excluding hydrogens is 389 g/mol. The lowest BCUT2D eigenvalue weighted by atomic mass is 9.66. The van der Waals surface area contributed by atoms with Crippen molar-refractivity contribution in [3.63, 3.8) is 0 Å². The molecule has 3 rings (SSSR count). The first-order valence-corrected chi connectivity index (χ1v) is 11.5. The largest absolute Gasteiger partial charge is 0.481 e. The van der Waals surface area contributed by atoms with Crippen LogP contribution in [0.3, 0.4) is 0 Å². The van der Waals surface area contributed by atoms with E-state index in [-0.39, 0.29) is 5.56 Å². The zero-order chi connectivity index (χ0) is 22.3. The molecule has 0 heterocycles. The molecule has 0 bridgehead atoms. The molecule has 1 aliphatic carbocycles. The fourth-order valence-electron chi connectivity index (χ4n) is 4.89. The standard InChI is InChI=1S/C27H32FNO2/c1-2-3-4-5-6-7-20-14-16-27(17-15-20,26(30)31)24-12-10-21(11-13-24)22-8-9-23(19-29)25(28)18-22/h8-13,18,20H,2-7,14-17H2,1H3,(H,30,31). The van der Waals surface area contributed by atoms with Crippen molar-refractivity contribution in [1.82, 2.24) is 0 Å². The van der Waals surface area contributed by atoms with Crippen molar-refractivity contribution < 1.29 is 14.3 Å². The van der Waals surface area contributed by atoms with Crippen LogP contribution in [0.15, 0.2) is 42.5 Å². The number of aliphatic carboxylic acids is 1. The van der Waals surface area contributed by atoms with Crippen LogP contribution in [0.25, 0.3) is 11.1 Å². The third kappa shape index (κ3) is 5.34. The molecule has 1 N–H and O–H groups in total. The van der Waals surface area contributed by atoms with Gasteiger partial charge >= 0.3 is 5.97 Å². The van der Waals surface area contributed by atoms with Crippen LogP contribution >= 0.6 is 0 Å². The van der Waals surface area contributed by atoms with Gasteiger partial charge in [0.25, 0.3) is 0 Å². The summed E-state index contributed by atoms with van der Waals surface area (Å²) in [4.78, 5) is 12.3. The van der Waals surface area contributed by atoms with E-state index in [1.54, 1.807) is 6.07 Å². The summed E-state index contributed by atoms with van der Waals surface area (Å²) in [5.41, 5.74) is 1.52. The SMILES string of the molecule is CCCCCCCC1CCC(C(=O)O)(c2ccc(-c3ccc(C#N)c(F)c3)cc2)CC1. The number of carbonyl (C=O) groups is 1. The van der Waals surface area contributed by atoms with Crippen molar-refractivity contribution in [2.75, 3.05) is 0 Å². The van der Waals surface area contributed by atoms with E-state index in [0.29, 0.717) is 24.3 Å². The van der Waals surface area contributed by atoms with Gasteiger partial charge in [0.2, 0.25) is 0 Å². The van der Waals surface area contributed by atoms with E-state index in [2.05, 4.69) is 6.92 Å². The number of benzene rings is 2. The van der Waals surface area contributed by atoms with Crippen LogP contribution in [0.4, 0.5) is 4.39 Å². The number of carboxylic acids is 1. The molecule has 2 aromatic rings. The number of carboxylic acid groups (broad SMARTS) is 1. The van der Waals surface area contributed by atoms with Crippen molar-refractivity contribution in [1.29, 1.82) is 5.26 Å². The molecular formula is C27H32FNO2. The lowest BCUT2D eigenvalue weighted by molar-refractivity contribution is -0.145. The molecule has 0 aliphatic heterocycles. The molecule has 4 heteroatoms. The van der Waals surface area contributed by atoms with Gasteiger partial charge in [-0.25, -0.2) is 4.39 Å². The monoisotopic (exact) mass is 421 g/mol. The van der Waals surface area contributed by atoms with Crippen molar-refractivity contribution >= 4 is 5.97 Å². The van der Waals surface area contributed by atoms with E-state index in [1.807, 2.05) is 30.3 Å². The Hall–Kier alpha value is -2.67. The summed E-state index contributed by atoms with van der Waals surface area (Å²) >= 11 is 0. The zero-order valence-electron chi connectivity index (χ0n) is 18.4. The van der Waals surface area contributed by atoms with E-state index < -0.39 is 17.2 Å². The van der Waals surface area contributed by atoms with Gasteiger partial charge < -0.3 is 5.11 Å². The lowest BCUT2D eigenvalue weighted by Gasteiger charge is -2.37. The summed E-state index contributed by atoms with van der Waals surface area (Å²) in [5.74, 6) is -0.653. The molecule has 0 aromatic heterocycles. The summed E-state index contributed by atoms with van der Waals surface area (Å²) in [7, 11) is 0. The minimum atomic E-state index is -0.826.